The predicted octanol–water partition coefficient (Wildman–Crippen LogP) is 1.27. The summed E-state index contributed by atoms with van der Waals surface area (Å²) >= 11 is 1.52. The summed E-state index contributed by atoms with van der Waals surface area (Å²) in [7, 11) is 0. The molecule has 5 heteroatoms. The average molecular weight is 239 g/mol. The summed E-state index contributed by atoms with van der Waals surface area (Å²) in [6.07, 6.45) is 0. The van der Waals surface area contributed by atoms with E-state index in [1.807, 2.05) is 17.2 Å². The Morgan fingerprint density at radius 2 is 2.12 bits per heavy atom. The number of carbonyl (C=O) groups is 1. The van der Waals surface area contributed by atoms with Crippen LogP contribution in [0.3, 0.4) is 0 Å². The Labute approximate surface area is 99.7 Å². The van der Waals surface area contributed by atoms with Crippen LogP contribution in [0.25, 0.3) is 0 Å². The van der Waals surface area contributed by atoms with Crippen molar-refractivity contribution in [2.45, 2.75) is 32.9 Å². The molecule has 1 aromatic heterocycles. The maximum Gasteiger partial charge on any atom is 0.273 e. The SMILES string of the molecule is Cc1nc(C(=O)N2C(C)CNCC2C)cs1. The van der Waals surface area contributed by atoms with E-state index in [1.165, 1.54) is 11.3 Å². The van der Waals surface area contributed by atoms with Gasteiger partial charge in [-0.05, 0) is 20.8 Å². The molecular formula is C11H17N3OS. The van der Waals surface area contributed by atoms with Gasteiger partial charge in [0.1, 0.15) is 5.69 Å². The van der Waals surface area contributed by atoms with E-state index in [2.05, 4.69) is 24.1 Å². The number of rotatable bonds is 1. The first-order chi connectivity index (χ1) is 7.59. The zero-order valence-electron chi connectivity index (χ0n) is 9.86. The highest BCUT2D eigenvalue weighted by molar-refractivity contribution is 7.09. The monoisotopic (exact) mass is 239 g/mol. The van der Waals surface area contributed by atoms with Crippen molar-refractivity contribution in [1.82, 2.24) is 15.2 Å². The minimum atomic E-state index is 0.0610. The van der Waals surface area contributed by atoms with E-state index in [-0.39, 0.29) is 18.0 Å². The molecule has 2 heterocycles. The van der Waals surface area contributed by atoms with E-state index >= 15 is 0 Å². The molecule has 1 aliphatic rings. The number of nitrogens with one attached hydrogen (secondary N) is 1. The van der Waals surface area contributed by atoms with Crippen LogP contribution >= 0.6 is 11.3 Å². The average Bonchev–Trinajstić information content (AvgIpc) is 2.64. The molecule has 0 aromatic carbocycles. The molecular weight excluding hydrogens is 222 g/mol. The van der Waals surface area contributed by atoms with Gasteiger partial charge in [-0.2, -0.15) is 0 Å². The molecule has 0 bridgehead atoms. The Kier molecular flexibility index (Phi) is 3.25. The van der Waals surface area contributed by atoms with Crippen LogP contribution in [0.1, 0.15) is 29.3 Å². The third-order valence-electron chi connectivity index (χ3n) is 2.90. The van der Waals surface area contributed by atoms with E-state index < -0.39 is 0 Å². The molecule has 1 saturated heterocycles. The molecule has 0 radical (unpaired) electrons. The molecule has 1 aliphatic heterocycles. The molecule has 2 atom stereocenters. The Morgan fingerprint density at radius 3 is 2.62 bits per heavy atom. The molecule has 4 nitrogen and oxygen atoms in total. The van der Waals surface area contributed by atoms with Crippen LogP contribution in [0.4, 0.5) is 0 Å². The molecule has 16 heavy (non-hydrogen) atoms. The molecule has 1 amide bonds. The number of carbonyl (C=O) groups excluding carboxylic acids is 1. The molecule has 0 aliphatic carbocycles. The van der Waals surface area contributed by atoms with E-state index in [4.69, 9.17) is 0 Å². The van der Waals surface area contributed by atoms with Crippen LogP contribution < -0.4 is 5.32 Å². The summed E-state index contributed by atoms with van der Waals surface area (Å²) in [4.78, 5) is 18.5. The number of thiazole rings is 1. The van der Waals surface area contributed by atoms with Crippen molar-refractivity contribution in [3.8, 4) is 0 Å². The van der Waals surface area contributed by atoms with E-state index in [1.54, 1.807) is 0 Å². The minimum absolute atomic E-state index is 0.0610. The molecule has 0 saturated carbocycles. The number of aromatic nitrogens is 1. The standard InChI is InChI=1S/C11H17N3OS/c1-7-4-12-5-8(2)14(7)11(15)10-6-16-9(3)13-10/h6-8,12H,4-5H2,1-3H3. The van der Waals surface area contributed by atoms with Crippen LogP contribution in [0.5, 0.6) is 0 Å². The lowest BCUT2D eigenvalue weighted by Gasteiger charge is -2.39. The molecule has 1 fully saturated rings. The fourth-order valence-corrected chi connectivity index (χ4v) is 2.71. The molecule has 1 N–H and O–H groups in total. The number of nitrogens with zero attached hydrogens (tertiary/aromatic N) is 2. The second-order valence-electron chi connectivity index (χ2n) is 4.32. The Hall–Kier alpha value is -0.940. The van der Waals surface area contributed by atoms with Gasteiger partial charge < -0.3 is 10.2 Å². The summed E-state index contributed by atoms with van der Waals surface area (Å²) in [5, 5.41) is 6.10. The minimum Gasteiger partial charge on any atom is -0.329 e. The first kappa shape index (κ1) is 11.5. The van der Waals surface area contributed by atoms with Crippen LogP contribution in [0.15, 0.2) is 5.38 Å². The van der Waals surface area contributed by atoms with Crippen LogP contribution in [-0.4, -0.2) is 41.0 Å². The summed E-state index contributed by atoms with van der Waals surface area (Å²) < 4.78 is 0. The summed E-state index contributed by atoms with van der Waals surface area (Å²) in [5.41, 5.74) is 0.586. The van der Waals surface area contributed by atoms with Gasteiger partial charge >= 0.3 is 0 Å². The summed E-state index contributed by atoms with van der Waals surface area (Å²) in [6, 6.07) is 0.469. The van der Waals surface area contributed by atoms with E-state index in [9.17, 15) is 4.79 Å². The number of hydrogen-bond acceptors (Lipinski definition) is 4. The van der Waals surface area contributed by atoms with Gasteiger partial charge in [0, 0.05) is 30.6 Å². The van der Waals surface area contributed by atoms with Crippen molar-refractivity contribution in [2.75, 3.05) is 13.1 Å². The van der Waals surface area contributed by atoms with Gasteiger partial charge in [-0.15, -0.1) is 11.3 Å². The zero-order chi connectivity index (χ0) is 11.7. The van der Waals surface area contributed by atoms with Crippen LogP contribution in [0.2, 0.25) is 0 Å². The Balaban J connectivity index is 2.19. The maximum absolute atomic E-state index is 12.3. The third kappa shape index (κ3) is 2.10. The van der Waals surface area contributed by atoms with Gasteiger partial charge in [0.05, 0.1) is 5.01 Å². The molecule has 0 spiro atoms. The molecule has 2 rings (SSSR count). The topological polar surface area (TPSA) is 45.2 Å². The predicted molar refractivity (Wildman–Crippen MR) is 64.8 cm³/mol. The van der Waals surface area contributed by atoms with Gasteiger partial charge in [0.25, 0.3) is 5.91 Å². The first-order valence-electron chi connectivity index (χ1n) is 5.55. The summed E-state index contributed by atoms with van der Waals surface area (Å²) in [6.45, 7) is 7.78. The number of hydrogen-bond donors (Lipinski definition) is 1. The highest BCUT2D eigenvalue weighted by Crippen LogP contribution is 2.16. The van der Waals surface area contributed by atoms with Gasteiger partial charge in [-0.1, -0.05) is 0 Å². The zero-order valence-corrected chi connectivity index (χ0v) is 10.7. The van der Waals surface area contributed by atoms with E-state index in [0.29, 0.717) is 5.69 Å². The van der Waals surface area contributed by atoms with Gasteiger partial charge in [-0.3, -0.25) is 4.79 Å². The lowest BCUT2D eigenvalue weighted by Crippen LogP contribution is -2.57. The van der Waals surface area contributed by atoms with Crippen molar-refractivity contribution < 1.29 is 4.79 Å². The smallest absolute Gasteiger partial charge is 0.273 e. The lowest BCUT2D eigenvalue weighted by atomic mass is 10.1. The van der Waals surface area contributed by atoms with Crippen molar-refractivity contribution in [3.05, 3.63) is 16.1 Å². The fourth-order valence-electron chi connectivity index (χ4n) is 2.13. The third-order valence-corrected chi connectivity index (χ3v) is 3.68. The van der Waals surface area contributed by atoms with E-state index in [0.717, 1.165) is 18.1 Å². The summed E-state index contributed by atoms with van der Waals surface area (Å²) in [5.74, 6) is 0.0610. The van der Waals surface area contributed by atoms with Gasteiger partial charge in [-0.25, -0.2) is 4.98 Å². The number of piperazine rings is 1. The van der Waals surface area contributed by atoms with Gasteiger partial charge in [0.15, 0.2) is 0 Å². The highest BCUT2D eigenvalue weighted by atomic mass is 32.1. The normalized spacial score (nSPS) is 25.8. The van der Waals surface area contributed by atoms with Crippen LogP contribution in [-0.2, 0) is 0 Å². The van der Waals surface area contributed by atoms with Crippen LogP contribution in [0, 0.1) is 6.92 Å². The largest absolute Gasteiger partial charge is 0.329 e. The highest BCUT2D eigenvalue weighted by Gasteiger charge is 2.30. The lowest BCUT2D eigenvalue weighted by molar-refractivity contribution is 0.0539. The van der Waals surface area contributed by atoms with Crippen molar-refractivity contribution in [1.29, 1.82) is 0 Å². The molecule has 2 unspecified atom stereocenters. The Morgan fingerprint density at radius 1 is 1.50 bits per heavy atom. The Bertz CT molecular complexity index is 380. The van der Waals surface area contributed by atoms with Crippen molar-refractivity contribution in [2.24, 2.45) is 0 Å². The maximum atomic E-state index is 12.3. The van der Waals surface area contributed by atoms with Crippen molar-refractivity contribution >= 4 is 17.2 Å². The second kappa shape index (κ2) is 4.51. The molecule has 88 valence electrons. The van der Waals surface area contributed by atoms with Gasteiger partial charge in [0.2, 0.25) is 0 Å². The first-order valence-corrected chi connectivity index (χ1v) is 6.43. The second-order valence-corrected chi connectivity index (χ2v) is 5.38. The number of aryl methyl sites for hydroxylation is 1. The number of amides is 1. The quantitative estimate of drug-likeness (QED) is 0.803. The molecule has 1 aromatic rings. The fraction of sp³-hybridized carbons (Fsp3) is 0.636. The van der Waals surface area contributed by atoms with Crippen molar-refractivity contribution in [3.63, 3.8) is 0 Å².